The van der Waals surface area contributed by atoms with Gasteiger partial charge in [0.2, 0.25) is 0 Å². The average Bonchev–Trinajstić information content (AvgIpc) is 2.66. The molecule has 6 rings (SSSR count). The number of hydrogen-bond acceptors (Lipinski definition) is 5. The monoisotopic (exact) mass is 393 g/mol. The van der Waals surface area contributed by atoms with Gasteiger partial charge in [-0.15, -0.1) is 0 Å². The fourth-order valence-corrected chi connectivity index (χ4v) is 4.92. The lowest BCUT2D eigenvalue weighted by Crippen LogP contribution is -2.84. The first-order chi connectivity index (χ1) is 13.9. The first kappa shape index (κ1) is 18.1. The summed E-state index contributed by atoms with van der Waals surface area (Å²) in [7, 11) is 0. The normalized spacial score (nSPS) is 31.4. The van der Waals surface area contributed by atoms with Gasteiger partial charge in [0.05, 0.1) is 6.10 Å². The number of nitrogens with zero attached hydrogens (tertiary/aromatic N) is 1. The Morgan fingerprint density at radius 1 is 1.14 bits per heavy atom. The van der Waals surface area contributed by atoms with Gasteiger partial charge in [-0.3, -0.25) is 14.6 Å². The van der Waals surface area contributed by atoms with Gasteiger partial charge in [-0.1, -0.05) is 17.7 Å². The summed E-state index contributed by atoms with van der Waals surface area (Å²) in [6, 6.07) is 10.8. The highest BCUT2D eigenvalue weighted by atomic mass is 16.5. The van der Waals surface area contributed by atoms with Crippen LogP contribution in [0.15, 0.2) is 42.6 Å². The molecule has 2 atom stereocenters. The van der Waals surface area contributed by atoms with Crippen molar-refractivity contribution in [2.75, 3.05) is 0 Å². The van der Waals surface area contributed by atoms with Crippen LogP contribution in [-0.2, 0) is 4.79 Å². The van der Waals surface area contributed by atoms with E-state index < -0.39 is 12.2 Å². The van der Waals surface area contributed by atoms with Crippen molar-refractivity contribution in [3.05, 3.63) is 59.4 Å². The first-order valence-electron chi connectivity index (χ1n) is 9.88. The van der Waals surface area contributed by atoms with Gasteiger partial charge in [0.15, 0.2) is 6.10 Å². The van der Waals surface area contributed by atoms with Crippen molar-refractivity contribution < 1.29 is 19.4 Å². The van der Waals surface area contributed by atoms with E-state index in [1.54, 1.807) is 30.5 Å². The van der Waals surface area contributed by atoms with Crippen molar-refractivity contribution >= 4 is 11.8 Å². The van der Waals surface area contributed by atoms with Gasteiger partial charge in [-0.05, 0) is 50.5 Å². The number of fused-ring (bicyclic) bond motifs is 1. The molecule has 3 aliphatic carbocycles. The number of aliphatic hydroxyl groups excluding tert-OH is 1. The number of aromatic nitrogens is 1. The number of benzene rings is 1. The number of aryl methyl sites for hydroxylation is 1. The third kappa shape index (κ3) is 3.06. The van der Waals surface area contributed by atoms with Crippen LogP contribution in [-0.4, -0.2) is 39.1 Å². The maximum Gasteiger partial charge on any atom is 0.270 e. The molecule has 4 aliphatic rings. The van der Waals surface area contributed by atoms with Gasteiger partial charge in [0, 0.05) is 29.3 Å². The minimum atomic E-state index is -0.716. The molecule has 7 nitrogen and oxygen atoms in total. The molecule has 1 aliphatic heterocycles. The van der Waals surface area contributed by atoms with Crippen LogP contribution in [0.5, 0.6) is 5.75 Å². The van der Waals surface area contributed by atoms with Crippen LogP contribution in [0.3, 0.4) is 0 Å². The minimum Gasteiger partial charge on any atom is -0.480 e. The van der Waals surface area contributed by atoms with Gasteiger partial charge in [-0.2, -0.15) is 0 Å². The zero-order valence-electron chi connectivity index (χ0n) is 16.1. The van der Waals surface area contributed by atoms with Crippen LogP contribution in [0.25, 0.3) is 0 Å². The van der Waals surface area contributed by atoms with E-state index in [1.165, 1.54) is 0 Å². The second-order valence-electron chi connectivity index (χ2n) is 8.65. The van der Waals surface area contributed by atoms with Crippen molar-refractivity contribution in [1.82, 2.24) is 15.6 Å². The summed E-state index contributed by atoms with van der Waals surface area (Å²) < 4.78 is 5.85. The summed E-state index contributed by atoms with van der Waals surface area (Å²) in [6.45, 7) is 1.96. The molecule has 0 spiro atoms. The van der Waals surface area contributed by atoms with Crippen molar-refractivity contribution in [3.8, 4) is 5.75 Å². The Hall–Kier alpha value is -2.93. The third-order valence-corrected chi connectivity index (χ3v) is 6.22. The second-order valence-corrected chi connectivity index (χ2v) is 8.65. The molecular weight excluding hydrogens is 370 g/mol. The zero-order chi connectivity index (χ0) is 20.2. The Morgan fingerprint density at radius 2 is 1.90 bits per heavy atom. The Kier molecular flexibility index (Phi) is 3.93. The lowest BCUT2D eigenvalue weighted by molar-refractivity contribution is -0.147. The molecule has 1 aromatic carbocycles. The Labute approximate surface area is 168 Å². The van der Waals surface area contributed by atoms with Gasteiger partial charge < -0.3 is 20.5 Å². The van der Waals surface area contributed by atoms with Crippen LogP contribution in [0.2, 0.25) is 0 Å². The summed E-state index contributed by atoms with van der Waals surface area (Å²) in [4.78, 5) is 29.2. The van der Waals surface area contributed by atoms with Crippen molar-refractivity contribution in [3.63, 3.8) is 0 Å². The largest absolute Gasteiger partial charge is 0.480 e. The topological polar surface area (TPSA) is 101 Å². The van der Waals surface area contributed by atoms with E-state index >= 15 is 0 Å². The fourth-order valence-electron chi connectivity index (χ4n) is 4.92. The number of amides is 2. The van der Waals surface area contributed by atoms with Crippen LogP contribution in [0.1, 0.15) is 53.4 Å². The fraction of sp³-hybridized carbons (Fsp3) is 0.409. The third-order valence-electron chi connectivity index (χ3n) is 6.22. The Morgan fingerprint density at radius 3 is 2.62 bits per heavy atom. The molecule has 2 bridgehead atoms. The molecule has 3 saturated carbocycles. The predicted octanol–water partition coefficient (Wildman–Crippen LogP) is 1.80. The van der Waals surface area contributed by atoms with Crippen LogP contribution >= 0.6 is 0 Å². The Bertz CT molecular complexity index is 971. The van der Waals surface area contributed by atoms with E-state index in [4.69, 9.17) is 4.74 Å². The highest BCUT2D eigenvalue weighted by Crippen LogP contribution is 2.60. The van der Waals surface area contributed by atoms with Crippen molar-refractivity contribution in [2.45, 2.75) is 55.9 Å². The number of carbonyl (C=O) groups is 2. The first-order valence-corrected chi connectivity index (χ1v) is 9.88. The van der Waals surface area contributed by atoms with E-state index in [0.717, 1.165) is 11.1 Å². The van der Waals surface area contributed by atoms with E-state index in [2.05, 4.69) is 15.6 Å². The lowest BCUT2D eigenvalue weighted by atomic mass is 9.44. The lowest BCUT2D eigenvalue weighted by Gasteiger charge is -2.70. The summed E-state index contributed by atoms with van der Waals surface area (Å²) in [5.74, 6) is 0.168. The molecule has 0 saturated heterocycles. The molecule has 2 amide bonds. The molecule has 2 heterocycles. The van der Waals surface area contributed by atoms with Crippen molar-refractivity contribution in [2.24, 2.45) is 0 Å². The molecule has 3 fully saturated rings. The van der Waals surface area contributed by atoms with Gasteiger partial charge in [0.25, 0.3) is 11.8 Å². The average molecular weight is 393 g/mol. The quantitative estimate of drug-likeness (QED) is 0.735. The van der Waals surface area contributed by atoms with Crippen molar-refractivity contribution in [1.29, 1.82) is 0 Å². The molecule has 7 heteroatoms. The number of carbonyl (C=O) groups excluding carboxylic acids is 2. The number of rotatable bonds is 4. The number of pyridine rings is 1. The summed E-state index contributed by atoms with van der Waals surface area (Å²) in [5, 5.41) is 16.6. The smallest absolute Gasteiger partial charge is 0.270 e. The van der Waals surface area contributed by atoms with Gasteiger partial charge in [0.1, 0.15) is 11.4 Å². The van der Waals surface area contributed by atoms with E-state index in [-0.39, 0.29) is 29.3 Å². The second kappa shape index (κ2) is 6.29. The predicted molar refractivity (Wildman–Crippen MR) is 104 cm³/mol. The Balaban J connectivity index is 1.18. The molecular formula is C22H23N3O4. The summed E-state index contributed by atoms with van der Waals surface area (Å²) >= 11 is 0. The maximum absolute atomic E-state index is 12.8. The molecule has 0 unspecified atom stereocenters. The standard InChI is InChI=1S/C22H23N3O4/c1-13-5-6-17-14(8-13)16(26)9-18(29-17)20(28)25-22-10-21(11-22,12-22)24-19(27)15-4-2-3-7-23-15/h2-8,16,18,26H,9-12H2,1H3,(H,24,27)(H,25,28)/t16-,18-,21?,22?/m1/s1. The number of aliphatic hydroxyl groups is 1. The minimum absolute atomic E-state index is 0.184. The SMILES string of the molecule is Cc1ccc2c(c1)[C@H](O)C[C@H](C(=O)NC13CC(NC(=O)c4ccccn4)(C1)C3)O2. The number of ether oxygens (including phenoxy) is 1. The molecule has 3 N–H and O–H groups in total. The van der Waals surface area contributed by atoms with E-state index in [0.29, 0.717) is 30.7 Å². The summed E-state index contributed by atoms with van der Waals surface area (Å²) in [5.41, 5.74) is 1.64. The molecule has 2 aromatic rings. The van der Waals surface area contributed by atoms with E-state index in [1.807, 2.05) is 19.1 Å². The molecule has 1 aromatic heterocycles. The van der Waals surface area contributed by atoms with Crippen LogP contribution in [0.4, 0.5) is 0 Å². The number of nitrogens with one attached hydrogen (secondary N) is 2. The highest BCUT2D eigenvalue weighted by Gasteiger charge is 2.69. The zero-order valence-corrected chi connectivity index (χ0v) is 16.1. The number of hydrogen-bond donors (Lipinski definition) is 3. The van der Waals surface area contributed by atoms with Gasteiger partial charge in [-0.25, -0.2) is 0 Å². The molecule has 0 radical (unpaired) electrons. The molecule has 150 valence electrons. The summed E-state index contributed by atoms with van der Waals surface area (Å²) in [6.07, 6.45) is 2.51. The van der Waals surface area contributed by atoms with Crippen LogP contribution < -0.4 is 15.4 Å². The van der Waals surface area contributed by atoms with Crippen LogP contribution in [0, 0.1) is 6.92 Å². The van der Waals surface area contributed by atoms with Gasteiger partial charge >= 0.3 is 0 Å². The molecule has 29 heavy (non-hydrogen) atoms. The maximum atomic E-state index is 12.8. The highest BCUT2D eigenvalue weighted by molar-refractivity contribution is 5.93. The van der Waals surface area contributed by atoms with E-state index in [9.17, 15) is 14.7 Å².